The Morgan fingerprint density at radius 2 is 2.21 bits per heavy atom. The number of hydrogen-bond acceptors (Lipinski definition) is 9. The maximum Gasteiger partial charge on any atom is 0.259 e. The summed E-state index contributed by atoms with van der Waals surface area (Å²) in [6.07, 6.45) is 1.89. The van der Waals surface area contributed by atoms with Crippen LogP contribution in [0.25, 0.3) is 16.7 Å². The van der Waals surface area contributed by atoms with Crippen molar-refractivity contribution in [3.63, 3.8) is 0 Å². The Labute approximate surface area is 188 Å². The van der Waals surface area contributed by atoms with E-state index >= 15 is 0 Å². The number of aliphatic hydroxyl groups is 1. The monoisotopic (exact) mass is 449 g/mol. The van der Waals surface area contributed by atoms with Gasteiger partial charge in [-0.05, 0) is 24.1 Å². The van der Waals surface area contributed by atoms with Crippen molar-refractivity contribution in [1.29, 1.82) is 0 Å². The summed E-state index contributed by atoms with van der Waals surface area (Å²) in [5, 5.41) is 29.2. The molecule has 6 bridgehead atoms. The van der Waals surface area contributed by atoms with Crippen LogP contribution in [-0.4, -0.2) is 77.9 Å². The molecule has 12 heteroatoms. The van der Waals surface area contributed by atoms with Crippen LogP contribution in [0.15, 0.2) is 24.4 Å². The number of nitrogens with one attached hydrogen (secondary N) is 2. The Morgan fingerprint density at radius 1 is 1.33 bits per heavy atom. The Balaban J connectivity index is 1.57. The fourth-order valence-electron chi connectivity index (χ4n) is 4.65. The topological polar surface area (TPSA) is 135 Å². The van der Waals surface area contributed by atoms with E-state index in [9.17, 15) is 9.90 Å². The summed E-state index contributed by atoms with van der Waals surface area (Å²) in [7, 11) is 3.63. The molecule has 3 N–H and O–H groups in total. The quantitative estimate of drug-likeness (QED) is 0.408. The number of amides is 1. The number of hydrogen-bond donors (Lipinski definition) is 3. The number of rotatable bonds is 2. The third kappa shape index (κ3) is 3.09. The van der Waals surface area contributed by atoms with Gasteiger partial charge >= 0.3 is 0 Å². The molecule has 0 spiro atoms. The number of carbonyl (C=O) groups excluding carboxylic acids is 1. The van der Waals surface area contributed by atoms with Gasteiger partial charge in [0.2, 0.25) is 0 Å². The minimum Gasteiger partial charge on any atom is -0.394 e. The lowest BCUT2D eigenvalue weighted by Crippen LogP contribution is -2.38. The summed E-state index contributed by atoms with van der Waals surface area (Å²) in [6.45, 7) is 0.609. The van der Waals surface area contributed by atoms with Crippen LogP contribution < -0.4 is 10.6 Å². The van der Waals surface area contributed by atoms with E-state index in [1.165, 1.54) is 6.20 Å². The second-order valence-corrected chi connectivity index (χ2v) is 8.38. The van der Waals surface area contributed by atoms with Gasteiger partial charge in [0, 0.05) is 26.7 Å². The zero-order valence-electron chi connectivity index (χ0n) is 18.2. The summed E-state index contributed by atoms with van der Waals surface area (Å²) < 4.78 is 9.49. The third-order valence-electron chi connectivity index (χ3n) is 6.33. The molecule has 0 radical (unpaired) electrons. The number of ether oxygens (including phenoxy) is 1. The first-order valence-electron chi connectivity index (χ1n) is 10.7. The van der Waals surface area contributed by atoms with Gasteiger partial charge in [-0.3, -0.25) is 4.79 Å². The van der Waals surface area contributed by atoms with Crippen molar-refractivity contribution >= 4 is 39.9 Å². The second-order valence-electron chi connectivity index (χ2n) is 8.38. The Morgan fingerprint density at radius 3 is 3.03 bits per heavy atom. The number of fused-ring (bicyclic) bond motifs is 7. The van der Waals surface area contributed by atoms with Crippen LogP contribution in [0.3, 0.4) is 0 Å². The molecule has 3 aromatic heterocycles. The third-order valence-corrected chi connectivity index (χ3v) is 6.33. The Kier molecular flexibility index (Phi) is 4.45. The molecule has 12 nitrogen and oxygen atoms in total. The van der Waals surface area contributed by atoms with Gasteiger partial charge in [0.05, 0.1) is 42.8 Å². The van der Waals surface area contributed by atoms with Crippen molar-refractivity contribution < 1.29 is 14.6 Å². The molecular weight excluding hydrogens is 426 g/mol. The van der Waals surface area contributed by atoms with Crippen LogP contribution in [0.5, 0.6) is 0 Å². The van der Waals surface area contributed by atoms with Crippen molar-refractivity contribution in [3.05, 3.63) is 35.5 Å². The lowest BCUT2D eigenvalue weighted by atomic mass is 10.1. The van der Waals surface area contributed by atoms with Gasteiger partial charge in [0.1, 0.15) is 22.7 Å². The smallest absolute Gasteiger partial charge is 0.259 e. The molecule has 0 aliphatic carbocycles. The number of benzene rings is 1. The predicted octanol–water partition coefficient (Wildman–Crippen LogP) is 0.902. The van der Waals surface area contributed by atoms with Crippen LogP contribution in [0.4, 0.5) is 17.3 Å². The predicted molar refractivity (Wildman–Crippen MR) is 119 cm³/mol. The van der Waals surface area contributed by atoms with Gasteiger partial charge in [-0.1, -0.05) is 5.21 Å². The summed E-state index contributed by atoms with van der Waals surface area (Å²) in [4.78, 5) is 19.8. The zero-order valence-corrected chi connectivity index (χ0v) is 18.2. The van der Waals surface area contributed by atoms with Crippen molar-refractivity contribution in [1.82, 2.24) is 34.5 Å². The maximum atomic E-state index is 13.5. The normalized spacial score (nSPS) is 20.5. The van der Waals surface area contributed by atoms with Crippen molar-refractivity contribution in [2.24, 2.45) is 7.05 Å². The molecule has 0 unspecified atom stereocenters. The van der Waals surface area contributed by atoms with Gasteiger partial charge in [0.25, 0.3) is 5.91 Å². The van der Waals surface area contributed by atoms with E-state index in [2.05, 4.69) is 26.0 Å². The SMILES string of the molecule is CNc1cc2nc3c(cnn13)C(=O)N1C[C@H](C[C@H]1CO)OCc1cc(c3nnn(C)c3c1)N2. The summed E-state index contributed by atoms with van der Waals surface area (Å²) in [5.41, 5.74) is 4.03. The van der Waals surface area contributed by atoms with E-state index in [0.29, 0.717) is 47.9 Å². The van der Waals surface area contributed by atoms with E-state index in [4.69, 9.17) is 9.72 Å². The van der Waals surface area contributed by atoms with Crippen LogP contribution in [0.2, 0.25) is 0 Å². The van der Waals surface area contributed by atoms with Crippen molar-refractivity contribution in [3.8, 4) is 0 Å². The molecule has 2 atom stereocenters. The van der Waals surface area contributed by atoms with Crippen LogP contribution in [0, 0.1) is 0 Å². The molecule has 33 heavy (non-hydrogen) atoms. The Bertz CT molecular complexity index is 1390. The summed E-state index contributed by atoms with van der Waals surface area (Å²) in [5.74, 6) is 0.969. The molecule has 2 aliphatic rings. The molecule has 5 heterocycles. The molecule has 1 saturated heterocycles. The van der Waals surface area contributed by atoms with Crippen LogP contribution in [0.1, 0.15) is 22.3 Å². The van der Waals surface area contributed by atoms with E-state index in [1.54, 1.807) is 21.1 Å². The summed E-state index contributed by atoms with van der Waals surface area (Å²) in [6, 6.07) is 5.46. The highest BCUT2D eigenvalue weighted by atomic mass is 16.5. The van der Waals surface area contributed by atoms with Crippen LogP contribution >= 0.6 is 0 Å². The van der Waals surface area contributed by atoms with Gasteiger partial charge in [-0.15, -0.1) is 5.10 Å². The second kappa shape index (κ2) is 7.39. The average Bonchev–Trinajstić information content (AvgIpc) is 3.53. The summed E-state index contributed by atoms with van der Waals surface area (Å²) >= 11 is 0. The van der Waals surface area contributed by atoms with Crippen molar-refractivity contribution in [2.45, 2.75) is 25.2 Å². The van der Waals surface area contributed by atoms with E-state index in [0.717, 1.165) is 16.8 Å². The maximum absolute atomic E-state index is 13.5. The number of carbonyl (C=O) groups is 1. The minimum absolute atomic E-state index is 0.135. The largest absolute Gasteiger partial charge is 0.394 e. The number of nitrogens with zero attached hydrogens (tertiary/aromatic N) is 7. The number of aromatic nitrogens is 6. The van der Waals surface area contributed by atoms with E-state index in [-0.39, 0.29) is 24.7 Å². The lowest BCUT2D eigenvalue weighted by Gasteiger charge is -2.22. The standard InChI is InChI=1S/C21H23N9O3/c1-22-18-6-17-24-15-3-11(4-16-19(15)26-27-28(16)2)10-33-13-5-12(9-31)29(8-13)21(32)14-7-23-30(18)20(14)25-17/h3-4,6-7,12-13,22,31H,5,8-10H2,1-2H3,(H,24,25)/t12-,13-/m0/s1. The molecule has 4 aromatic rings. The highest BCUT2D eigenvalue weighted by Gasteiger charge is 2.37. The number of anilines is 3. The molecule has 0 saturated carbocycles. The first kappa shape index (κ1) is 19.9. The molecule has 6 rings (SSSR count). The average molecular weight is 449 g/mol. The van der Waals surface area contributed by atoms with Crippen molar-refractivity contribution in [2.75, 3.05) is 30.8 Å². The van der Waals surface area contributed by atoms with Crippen LogP contribution in [-0.2, 0) is 18.4 Å². The van der Waals surface area contributed by atoms with Gasteiger partial charge < -0.3 is 25.4 Å². The molecule has 170 valence electrons. The molecule has 1 aromatic carbocycles. The molecule has 2 aliphatic heterocycles. The van der Waals surface area contributed by atoms with E-state index in [1.807, 2.05) is 25.2 Å². The Hall–Kier alpha value is -3.77. The molecular formula is C21H23N9O3. The zero-order chi connectivity index (χ0) is 22.7. The lowest BCUT2D eigenvalue weighted by molar-refractivity contribution is 0.0438. The first-order chi connectivity index (χ1) is 16.1. The first-order valence-corrected chi connectivity index (χ1v) is 10.7. The van der Waals surface area contributed by atoms with E-state index < -0.39 is 0 Å². The van der Waals surface area contributed by atoms with Gasteiger partial charge in [-0.2, -0.15) is 9.61 Å². The highest BCUT2D eigenvalue weighted by Crippen LogP contribution is 2.31. The fraction of sp³-hybridized carbons (Fsp3) is 0.381. The highest BCUT2D eigenvalue weighted by molar-refractivity contribution is 6.00. The molecule has 1 fully saturated rings. The molecule has 1 amide bonds. The number of aliphatic hydroxyl groups excluding tert-OH is 1. The van der Waals surface area contributed by atoms with Gasteiger partial charge in [0.15, 0.2) is 5.65 Å². The van der Waals surface area contributed by atoms with Gasteiger partial charge in [-0.25, -0.2) is 9.67 Å². The number of aryl methyl sites for hydroxylation is 1. The fourth-order valence-corrected chi connectivity index (χ4v) is 4.65. The minimum atomic E-state index is -0.327.